The summed E-state index contributed by atoms with van der Waals surface area (Å²) in [6.45, 7) is 5.47. The molecule has 0 amide bonds. The molecule has 174 valence electrons. The van der Waals surface area contributed by atoms with Gasteiger partial charge >= 0.3 is 6.18 Å². The first-order valence-electron chi connectivity index (χ1n) is 10.7. The standard InChI is InChI=1S/C22H26F3N5S.ClH/c23-22(24,25)14-11-18(28-15-3-5-26-6-4-15)21-20(12-14)31-19-13-16(1-2-17(19)29-21)30-9-7-27-8-10-30;/h1-2,11-13,15,26-29H,3-10H2;1H. The molecule has 32 heavy (non-hydrogen) atoms. The summed E-state index contributed by atoms with van der Waals surface area (Å²) < 4.78 is 40.9. The molecule has 0 atom stereocenters. The van der Waals surface area contributed by atoms with Gasteiger partial charge in [0, 0.05) is 47.7 Å². The average molecular weight is 486 g/mol. The molecule has 3 aliphatic rings. The summed E-state index contributed by atoms with van der Waals surface area (Å²) in [4.78, 5) is 3.87. The highest BCUT2D eigenvalue weighted by atomic mass is 35.5. The normalized spacial score (nSPS) is 18.8. The average Bonchev–Trinajstić information content (AvgIpc) is 2.78. The molecule has 0 bridgehead atoms. The van der Waals surface area contributed by atoms with E-state index in [1.165, 1.54) is 23.9 Å². The van der Waals surface area contributed by atoms with Crippen LogP contribution in [0.15, 0.2) is 40.1 Å². The van der Waals surface area contributed by atoms with E-state index in [-0.39, 0.29) is 18.4 Å². The maximum Gasteiger partial charge on any atom is 0.416 e. The molecule has 2 aromatic carbocycles. The highest BCUT2D eigenvalue weighted by Gasteiger charge is 2.34. The van der Waals surface area contributed by atoms with E-state index >= 15 is 0 Å². The number of piperazine rings is 1. The number of benzene rings is 2. The molecule has 10 heteroatoms. The maximum atomic E-state index is 13.6. The minimum absolute atomic E-state index is 0. The van der Waals surface area contributed by atoms with Gasteiger partial charge in [0.25, 0.3) is 0 Å². The topological polar surface area (TPSA) is 51.4 Å². The van der Waals surface area contributed by atoms with Crippen LogP contribution < -0.4 is 26.2 Å². The number of halogens is 4. The van der Waals surface area contributed by atoms with Crippen molar-refractivity contribution in [1.82, 2.24) is 10.6 Å². The van der Waals surface area contributed by atoms with Gasteiger partial charge in [0.05, 0.1) is 22.6 Å². The lowest BCUT2D eigenvalue weighted by Gasteiger charge is -2.32. The predicted octanol–water partition coefficient (Wildman–Crippen LogP) is 4.91. The van der Waals surface area contributed by atoms with E-state index < -0.39 is 11.7 Å². The van der Waals surface area contributed by atoms with Crippen LogP contribution in [-0.2, 0) is 6.18 Å². The zero-order valence-corrected chi connectivity index (χ0v) is 19.2. The number of nitrogens with one attached hydrogen (secondary N) is 4. The lowest BCUT2D eigenvalue weighted by Crippen LogP contribution is -2.43. The fourth-order valence-electron chi connectivity index (χ4n) is 4.36. The van der Waals surface area contributed by atoms with E-state index in [0.717, 1.165) is 74.1 Å². The molecule has 2 saturated heterocycles. The van der Waals surface area contributed by atoms with Crippen LogP contribution in [0, 0.1) is 0 Å². The Morgan fingerprint density at radius 2 is 1.66 bits per heavy atom. The van der Waals surface area contributed by atoms with Crippen LogP contribution in [0.5, 0.6) is 0 Å². The summed E-state index contributed by atoms with van der Waals surface area (Å²) in [5.74, 6) is 0. The largest absolute Gasteiger partial charge is 0.416 e. The fourth-order valence-corrected chi connectivity index (χ4v) is 5.45. The quantitative estimate of drug-likeness (QED) is 0.423. The van der Waals surface area contributed by atoms with E-state index in [1.807, 2.05) is 6.07 Å². The highest BCUT2D eigenvalue weighted by molar-refractivity contribution is 7.99. The number of rotatable bonds is 3. The van der Waals surface area contributed by atoms with Crippen molar-refractivity contribution >= 4 is 46.9 Å². The lowest BCUT2D eigenvalue weighted by atomic mass is 10.0. The second-order valence-electron chi connectivity index (χ2n) is 8.21. The summed E-state index contributed by atoms with van der Waals surface area (Å²) >= 11 is 1.41. The third-order valence-corrected chi connectivity index (χ3v) is 7.15. The van der Waals surface area contributed by atoms with Crippen LogP contribution in [0.25, 0.3) is 0 Å². The molecule has 3 heterocycles. The maximum absolute atomic E-state index is 13.6. The Hall–Kier alpha value is -1.81. The second kappa shape index (κ2) is 9.59. The number of hydrogen-bond acceptors (Lipinski definition) is 6. The second-order valence-corrected chi connectivity index (χ2v) is 9.29. The number of nitrogens with zero attached hydrogens (tertiary/aromatic N) is 1. The van der Waals surface area contributed by atoms with E-state index in [9.17, 15) is 13.2 Å². The van der Waals surface area contributed by atoms with Crippen molar-refractivity contribution in [3.05, 3.63) is 35.9 Å². The Labute approximate surface area is 196 Å². The van der Waals surface area contributed by atoms with Gasteiger partial charge < -0.3 is 26.2 Å². The molecule has 0 aromatic heterocycles. The number of alkyl halides is 3. The third kappa shape index (κ3) is 4.90. The van der Waals surface area contributed by atoms with Crippen LogP contribution in [0.2, 0.25) is 0 Å². The molecule has 0 unspecified atom stereocenters. The van der Waals surface area contributed by atoms with Gasteiger partial charge in [0.2, 0.25) is 0 Å². The number of anilines is 4. The zero-order chi connectivity index (χ0) is 21.4. The highest BCUT2D eigenvalue weighted by Crippen LogP contribution is 2.50. The Bertz CT molecular complexity index is 959. The summed E-state index contributed by atoms with van der Waals surface area (Å²) in [6, 6.07) is 8.88. The molecule has 4 N–H and O–H groups in total. The van der Waals surface area contributed by atoms with Crippen LogP contribution in [-0.4, -0.2) is 45.3 Å². The third-order valence-electron chi connectivity index (χ3n) is 6.06. The molecule has 0 spiro atoms. The van der Waals surface area contributed by atoms with Crippen molar-refractivity contribution in [1.29, 1.82) is 0 Å². The van der Waals surface area contributed by atoms with E-state index in [0.29, 0.717) is 10.6 Å². The van der Waals surface area contributed by atoms with Gasteiger partial charge in [0.15, 0.2) is 0 Å². The van der Waals surface area contributed by atoms with Crippen LogP contribution in [0.3, 0.4) is 0 Å². The minimum Gasteiger partial charge on any atom is -0.380 e. The Balaban J connectivity index is 0.00000245. The molecule has 2 fully saturated rings. The summed E-state index contributed by atoms with van der Waals surface area (Å²) in [5, 5.41) is 13.4. The predicted molar refractivity (Wildman–Crippen MR) is 127 cm³/mol. The van der Waals surface area contributed by atoms with E-state index in [1.54, 1.807) is 0 Å². The summed E-state index contributed by atoms with van der Waals surface area (Å²) in [7, 11) is 0. The fraction of sp³-hybridized carbons (Fsp3) is 0.455. The van der Waals surface area contributed by atoms with Crippen LogP contribution in [0.1, 0.15) is 18.4 Å². The van der Waals surface area contributed by atoms with Crippen molar-refractivity contribution in [3.8, 4) is 0 Å². The molecule has 5 rings (SSSR count). The zero-order valence-electron chi connectivity index (χ0n) is 17.5. The van der Waals surface area contributed by atoms with Gasteiger partial charge in [-0.15, -0.1) is 12.4 Å². The minimum atomic E-state index is -4.39. The first kappa shape index (κ1) is 23.4. The summed E-state index contributed by atoms with van der Waals surface area (Å²) in [6.07, 6.45) is -2.60. The van der Waals surface area contributed by atoms with Gasteiger partial charge in [-0.05, 0) is 56.3 Å². The van der Waals surface area contributed by atoms with Gasteiger partial charge in [0.1, 0.15) is 0 Å². The lowest BCUT2D eigenvalue weighted by molar-refractivity contribution is -0.137. The van der Waals surface area contributed by atoms with Crippen molar-refractivity contribution in [2.24, 2.45) is 0 Å². The SMILES string of the molecule is Cl.FC(F)(F)c1cc(NC2CCNCC2)c2c(c1)Sc1cc(N3CCNCC3)ccc1N2. The monoisotopic (exact) mass is 485 g/mol. The van der Waals surface area contributed by atoms with Gasteiger partial charge in [-0.1, -0.05) is 11.8 Å². The van der Waals surface area contributed by atoms with E-state index in [4.69, 9.17) is 0 Å². The van der Waals surface area contributed by atoms with Gasteiger partial charge in [-0.25, -0.2) is 0 Å². The Kier molecular flexibility index (Phi) is 7.00. The first-order valence-corrected chi connectivity index (χ1v) is 11.6. The summed E-state index contributed by atoms with van der Waals surface area (Å²) in [5.41, 5.74) is 2.70. The van der Waals surface area contributed by atoms with Crippen molar-refractivity contribution in [2.45, 2.75) is 34.9 Å². The van der Waals surface area contributed by atoms with Crippen molar-refractivity contribution < 1.29 is 13.2 Å². The molecular weight excluding hydrogens is 459 g/mol. The molecule has 0 saturated carbocycles. The molecular formula is C22H27ClF3N5S. The smallest absolute Gasteiger partial charge is 0.380 e. The van der Waals surface area contributed by atoms with Crippen LogP contribution in [0.4, 0.5) is 35.9 Å². The molecule has 5 nitrogen and oxygen atoms in total. The first-order chi connectivity index (χ1) is 15.0. The number of hydrogen-bond donors (Lipinski definition) is 4. The van der Waals surface area contributed by atoms with Gasteiger partial charge in [-0.2, -0.15) is 13.2 Å². The van der Waals surface area contributed by atoms with Crippen molar-refractivity contribution in [3.63, 3.8) is 0 Å². The van der Waals surface area contributed by atoms with Crippen LogP contribution >= 0.6 is 24.2 Å². The molecule has 0 aliphatic carbocycles. The molecule has 2 aromatic rings. The van der Waals surface area contributed by atoms with E-state index in [2.05, 4.69) is 38.3 Å². The molecule has 0 radical (unpaired) electrons. The molecule has 3 aliphatic heterocycles. The number of fused-ring (bicyclic) bond motifs is 2. The Morgan fingerprint density at radius 3 is 2.38 bits per heavy atom. The van der Waals surface area contributed by atoms with Crippen molar-refractivity contribution in [2.75, 3.05) is 54.8 Å². The number of piperidine rings is 1. The Morgan fingerprint density at radius 1 is 0.938 bits per heavy atom. The van der Waals surface area contributed by atoms with Gasteiger partial charge in [-0.3, -0.25) is 0 Å².